The second-order valence-electron chi connectivity index (χ2n) is 5.45. The van der Waals surface area contributed by atoms with Gasteiger partial charge in [-0.15, -0.1) is 10.2 Å². The lowest BCUT2D eigenvalue weighted by molar-refractivity contribution is 0.415. The molecular weight excluding hydrogens is 318 g/mol. The largest absolute Gasteiger partial charge is 0.497 e. The number of rotatable bonds is 6. The van der Waals surface area contributed by atoms with Crippen molar-refractivity contribution in [1.29, 1.82) is 0 Å². The molecule has 24 heavy (non-hydrogen) atoms. The molecule has 0 bridgehead atoms. The van der Waals surface area contributed by atoms with E-state index in [2.05, 4.69) is 33.5 Å². The van der Waals surface area contributed by atoms with Gasteiger partial charge in [-0.2, -0.15) is 0 Å². The third-order valence-corrected chi connectivity index (χ3v) is 4.58. The van der Waals surface area contributed by atoms with Crippen LogP contribution in [-0.2, 0) is 0 Å². The van der Waals surface area contributed by atoms with Gasteiger partial charge in [0.05, 0.1) is 7.11 Å². The van der Waals surface area contributed by atoms with Crippen LogP contribution in [-0.4, -0.2) is 27.6 Å². The first-order valence-electron chi connectivity index (χ1n) is 7.61. The summed E-state index contributed by atoms with van der Waals surface area (Å²) in [5.74, 6) is 2.40. The molecule has 4 nitrogen and oxygen atoms in total. The summed E-state index contributed by atoms with van der Waals surface area (Å²) >= 11 is 1.63. The van der Waals surface area contributed by atoms with Gasteiger partial charge < -0.3 is 4.74 Å². The molecule has 0 aliphatic heterocycles. The lowest BCUT2D eigenvalue weighted by Gasteiger charge is -2.11. The van der Waals surface area contributed by atoms with Crippen LogP contribution in [0.15, 0.2) is 71.9 Å². The zero-order valence-corrected chi connectivity index (χ0v) is 14.6. The maximum atomic E-state index is 5.33. The van der Waals surface area contributed by atoms with Gasteiger partial charge in [-0.25, -0.2) is 0 Å². The monoisotopic (exact) mass is 337 g/mol. The van der Waals surface area contributed by atoms with E-state index in [1.54, 1.807) is 18.9 Å². The van der Waals surface area contributed by atoms with E-state index in [4.69, 9.17) is 4.74 Å². The highest BCUT2D eigenvalue weighted by molar-refractivity contribution is 7.99. The van der Waals surface area contributed by atoms with Gasteiger partial charge in [0.2, 0.25) is 0 Å². The van der Waals surface area contributed by atoms with Crippen LogP contribution in [0.5, 0.6) is 5.75 Å². The molecule has 3 aromatic rings. The SMILES string of the molecule is C=C(C)CSc1nnc(-c2cccc(OC)c2)n1-c1ccccc1. The maximum absolute atomic E-state index is 5.33. The van der Waals surface area contributed by atoms with Crippen molar-refractivity contribution in [1.82, 2.24) is 14.8 Å². The van der Waals surface area contributed by atoms with Crippen LogP contribution in [0.1, 0.15) is 6.92 Å². The van der Waals surface area contributed by atoms with Crippen LogP contribution in [0.4, 0.5) is 0 Å². The Bertz CT molecular complexity index is 843. The molecule has 0 N–H and O–H groups in total. The standard InChI is InChI=1S/C19H19N3OS/c1-14(2)13-24-19-21-20-18(15-8-7-11-17(12-15)23-3)22(19)16-9-5-4-6-10-16/h4-12H,1,13H2,2-3H3. The van der Waals surface area contributed by atoms with Crippen LogP contribution in [0.25, 0.3) is 17.1 Å². The topological polar surface area (TPSA) is 39.9 Å². The first-order valence-corrected chi connectivity index (χ1v) is 8.60. The van der Waals surface area contributed by atoms with Crippen LogP contribution < -0.4 is 4.74 Å². The summed E-state index contributed by atoms with van der Waals surface area (Å²) in [5.41, 5.74) is 3.10. The number of ether oxygens (including phenoxy) is 1. The predicted molar refractivity (Wildman–Crippen MR) is 98.9 cm³/mol. The number of aromatic nitrogens is 3. The average Bonchev–Trinajstić information content (AvgIpc) is 3.04. The van der Waals surface area contributed by atoms with Gasteiger partial charge in [-0.1, -0.05) is 54.2 Å². The smallest absolute Gasteiger partial charge is 0.196 e. The zero-order valence-electron chi connectivity index (χ0n) is 13.8. The molecule has 122 valence electrons. The predicted octanol–water partition coefficient (Wildman–Crippen LogP) is 4.61. The van der Waals surface area contributed by atoms with Crippen molar-refractivity contribution >= 4 is 11.8 Å². The molecule has 0 atom stereocenters. The lowest BCUT2D eigenvalue weighted by atomic mass is 10.2. The molecule has 0 fully saturated rings. The number of methoxy groups -OCH3 is 1. The molecule has 0 aliphatic carbocycles. The van der Waals surface area contributed by atoms with E-state index in [1.807, 2.05) is 49.4 Å². The highest BCUT2D eigenvalue weighted by Gasteiger charge is 2.16. The minimum Gasteiger partial charge on any atom is -0.497 e. The van der Waals surface area contributed by atoms with Crippen LogP contribution in [0.2, 0.25) is 0 Å². The average molecular weight is 337 g/mol. The number of nitrogens with zero attached hydrogens (tertiary/aromatic N) is 3. The molecule has 0 saturated heterocycles. The van der Waals surface area contributed by atoms with Crippen LogP contribution in [0, 0.1) is 0 Å². The van der Waals surface area contributed by atoms with E-state index in [0.29, 0.717) is 0 Å². The molecule has 0 aliphatic rings. The number of para-hydroxylation sites is 1. The molecule has 0 spiro atoms. The minimum absolute atomic E-state index is 0.796. The van der Waals surface area contributed by atoms with Gasteiger partial charge in [0.25, 0.3) is 0 Å². The summed E-state index contributed by atoms with van der Waals surface area (Å²) in [5, 5.41) is 9.66. The highest BCUT2D eigenvalue weighted by Crippen LogP contribution is 2.30. The van der Waals surface area contributed by atoms with Crippen molar-refractivity contribution < 1.29 is 4.74 Å². The van der Waals surface area contributed by atoms with E-state index in [1.165, 1.54) is 0 Å². The van der Waals surface area contributed by atoms with E-state index >= 15 is 0 Å². The molecule has 0 unspecified atom stereocenters. The first-order chi connectivity index (χ1) is 11.7. The molecule has 3 rings (SSSR count). The number of hydrogen-bond donors (Lipinski definition) is 0. The van der Waals surface area contributed by atoms with E-state index in [0.717, 1.165) is 39.3 Å². The Hall–Kier alpha value is -2.53. The maximum Gasteiger partial charge on any atom is 0.196 e. The van der Waals surface area contributed by atoms with Crippen LogP contribution in [0.3, 0.4) is 0 Å². The Morgan fingerprint density at radius 1 is 1.12 bits per heavy atom. The second kappa shape index (κ2) is 7.36. The van der Waals surface area contributed by atoms with Gasteiger partial charge in [0.15, 0.2) is 11.0 Å². The van der Waals surface area contributed by atoms with Gasteiger partial charge >= 0.3 is 0 Å². The van der Waals surface area contributed by atoms with E-state index < -0.39 is 0 Å². The quantitative estimate of drug-likeness (QED) is 0.486. The van der Waals surface area contributed by atoms with E-state index in [-0.39, 0.29) is 0 Å². The second-order valence-corrected chi connectivity index (χ2v) is 6.40. The Morgan fingerprint density at radius 2 is 1.92 bits per heavy atom. The fourth-order valence-electron chi connectivity index (χ4n) is 2.31. The summed E-state index contributed by atoms with van der Waals surface area (Å²) in [6.07, 6.45) is 0. The zero-order chi connectivity index (χ0) is 16.9. The first kappa shape index (κ1) is 16.3. The van der Waals surface area contributed by atoms with Gasteiger partial charge in [0.1, 0.15) is 5.75 Å². The summed E-state index contributed by atoms with van der Waals surface area (Å²) < 4.78 is 7.41. The highest BCUT2D eigenvalue weighted by atomic mass is 32.2. The van der Waals surface area contributed by atoms with Gasteiger partial charge in [-0.3, -0.25) is 4.57 Å². The van der Waals surface area contributed by atoms with Crippen molar-refractivity contribution in [2.24, 2.45) is 0 Å². The molecule has 0 radical (unpaired) electrons. The lowest BCUT2D eigenvalue weighted by Crippen LogP contribution is -2.00. The van der Waals surface area contributed by atoms with Crippen molar-refractivity contribution in [2.75, 3.05) is 12.9 Å². The van der Waals surface area contributed by atoms with Crippen molar-refractivity contribution in [3.63, 3.8) is 0 Å². The minimum atomic E-state index is 0.796. The third kappa shape index (κ3) is 3.51. The summed E-state index contributed by atoms with van der Waals surface area (Å²) in [6.45, 7) is 5.98. The Labute approximate surface area is 146 Å². The third-order valence-electron chi connectivity index (χ3n) is 3.42. The fourth-order valence-corrected chi connectivity index (χ4v) is 3.11. The van der Waals surface area contributed by atoms with E-state index in [9.17, 15) is 0 Å². The summed E-state index contributed by atoms with van der Waals surface area (Å²) in [6, 6.07) is 18.0. The molecule has 0 amide bonds. The normalized spacial score (nSPS) is 10.6. The number of hydrogen-bond acceptors (Lipinski definition) is 4. The van der Waals surface area contributed by atoms with Gasteiger partial charge in [-0.05, 0) is 31.2 Å². The summed E-state index contributed by atoms with van der Waals surface area (Å²) in [4.78, 5) is 0. The fraction of sp³-hybridized carbons (Fsp3) is 0.158. The molecule has 2 aromatic carbocycles. The molecule has 1 heterocycles. The Morgan fingerprint density at radius 3 is 2.62 bits per heavy atom. The van der Waals surface area contributed by atoms with Crippen molar-refractivity contribution in [3.8, 4) is 22.8 Å². The Kier molecular flexibility index (Phi) is 5.01. The summed E-state index contributed by atoms with van der Waals surface area (Å²) in [7, 11) is 1.66. The Balaban J connectivity index is 2.10. The number of thioether (sulfide) groups is 1. The van der Waals surface area contributed by atoms with Crippen LogP contribution >= 0.6 is 11.8 Å². The van der Waals surface area contributed by atoms with Gasteiger partial charge in [0, 0.05) is 17.0 Å². The molecule has 1 aromatic heterocycles. The number of benzene rings is 2. The van der Waals surface area contributed by atoms with Crippen molar-refractivity contribution in [2.45, 2.75) is 12.1 Å². The molecule has 5 heteroatoms. The molecule has 0 saturated carbocycles. The molecular formula is C19H19N3OS. The van der Waals surface area contributed by atoms with Crippen molar-refractivity contribution in [3.05, 3.63) is 66.7 Å².